The van der Waals surface area contributed by atoms with Crippen molar-refractivity contribution in [3.8, 4) is 17.2 Å². The zero-order valence-corrected chi connectivity index (χ0v) is 35.2. The van der Waals surface area contributed by atoms with Crippen LogP contribution in [0.3, 0.4) is 0 Å². The number of H-pyrrole nitrogens is 1. The Balaban J connectivity index is 0.931. The van der Waals surface area contributed by atoms with E-state index < -0.39 is 37.5 Å². The van der Waals surface area contributed by atoms with Crippen molar-refractivity contribution in [3.63, 3.8) is 0 Å². The summed E-state index contributed by atoms with van der Waals surface area (Å²) >= 11 is 0. The number of aromatic nitrogens is 2. The first-order valence-corrected chi connectivity index (χ1v) is 22.2. The number of ether oxygens (including phenoxy) is 3. The standard InChI is InChI=1S/C45H49N7O8S/c1-27(2)35-8-5-6-9-36(35)38-10-7-15-51(38)32-20-45(21-32)25-50(26-45)31-11-12-37(40(17-31)60-33-16-29-13-14-46-43(29)47-22-33)44(53)49-61(56,57)34-18-39(52(54)55)42-41(19-34)59-24-30(48-42)23-58-28(3)4/h5-6,8-9,11-14,16-19,22,28,30,32,38,48H,1,7,10,15,20-21,23-26H2,2-4H3,(H,46,47)(H,49,53). The van der Waals surface area contributed by atoms with Crippen LogP contribution in [0, 0.1) is 15.5 Å². The highest BCUT2D eigenvalue weighted by Crippen LogP contribution is 2.54. The summed E-state index contributed by atoms with van der Waals surface area (Å²) in [6.45, 7) is 13.2. The molecule has 0 bridgehead atoms. The first-order chi connectivity index (χ1) is 29.3. The SMILES string of the molecule is C=C(C)c1ccccc1C1CCCN1C1CC2(C1)CN(c1ccc(C(=O)NS(=O)(=O)c3cc4c(c([N+](=O)[O-])c3)NC(COC(C)C)CO4)c(Oc3cnc4[nH]ccc4c3)c1)C2. The number of amides is 1. The number of nitro benzene ring substituents is 1. The molecular weight excluding hydrogens is 799 g/mol. The fraction of sp³-hybridized carbons (Fsp3) is 0.378. The zero-order valence-electron chi connectivity index (χ0n) is 34.3. The molecule has 3 N–H and O–H groups in total. The number of nitrogens with zero attached hydrogens (tertiary/aromatic N) is 4. The molecule has 318 valence electrons. The molecule has 16 heteroatoms. The lowest BCUT2D eigenvalue weighted by molar-refractivity contribution is -0.384. The lowest BCUT2D eigenvalue weighted by Crippen LogP contribution is -2.66. The van der Waals surface area contributed by atoms with E-state index in [4.69, 9.17) is 14.2 Å². The van der Waals surface area contributed by atoms with Crippen LogP contribution >= 0.6 is 0 Å². The third kappa shape index (κ3) is 7.90. The summed E-state index contributed by atoms with van der Waals surface area (Å²) in [4.78, 5) is 37.4. The van der Waals surface area contributed by atoms with Gasteiger partial charge in [0.05, 0.1) is 40.3 Å². The second-order valence-corrected chi connectivity index (χ2v) is 18.8. The molecule has 61 heavy (non-hydrogen) atoms. The molecule has 1 aliphatic carbocycles. The van der Waals surface area contributed by atoms with Crippen LogP contribution in [0.25, 0.3) is 16.6 Å². The Bertz CT molecular complexity index is 2650. The number of rotatable bonds is 13. The van der Waals surface area contributed by atoms with Crippen molar-refractivity contribution in [3.05, 3.63) is 113 Å². The average molecular weight is 848 g/mol. The molecular formula is C45H49N7O8S. The second kappa shape index (κ2) is 15.8. The Morgan fingerprint density at radius 1 is 1.11 bits per heavy atom. The fourth-order valence-electron chi connectivity index (χ4n) is 9.40. The quantitative estimate of drug-likeness (QED) is 0.0774. The number of hydrogen-bond acceptors (Lipinski definition) is 12. The molecule has 5 heterocycles. The van der Waals surface area contributed by atoms with E-state index in [0.717, 1.165) is 61.6 Å². The van der Waals surface area contributed by atoms with Crippen molar-refractivity contribution in [1.82, 2.24) is 19.6 Å². The summed E-state index contributed by atoms with van der Waals surface area (Å²) in [5, 5.41) is 16.0. The molecule has 15 nitrogen and oxygen atoms in total. The number of pyridine rings is 1. The van der Waals surface area contributed by atoms with Gasteiger partial charge in [0.15, 0.2) is 11.4 Å². The van der Waals surface area contributed by atoms with Crippen LogP contribution in [-0.4, -0.2) is 85.2 Å². The summed E-state index contributed by atoms with van der Waals surface area (Å²) in [5.41, 5.74) is 4.87. The number of benzene rings is 3. The Morgan fingerprint density at radius 2 is 1.92 bits per heavy atom. The van der Waals surface area contributed by atoms with Gasteiger partial charge < -0.3 is 29.4 Å². The number of carbonyl (C=O) groups is 1. The molecule has 0 radical (unpaired) electrons. The van der Waals surface area contributed by atoms with E-state index in [1.807, 2.05) is 19.9 Å². The van der Waals surface area contributed by atoms with Crippen LogP contribution in [0.15, 0.2) is 90.6 Å². The minimum atomic E-state index is -4.64. The first kappa shape index (κ1) is 40.4. The third-order valence-electron chi connectivity index (χ3n) is 12.3. The minimum Gasteiger partial charge on any atom is -0.489 e. The van der Waals surface area contributed by atoms with Gasteiger partial charge in [0.25, 0.3) is 21.6 Å². The predicted molar refractivity (Wildman–Crippen MR) is 232 cm³/mol. The number of sulfonamides is 1. The van der Waals surface area contributed by atoms with Gasteiger partial charge in [-0.05, 0) is 88.4 Å². The van der Waals surface area contributed by atoms with Crippen LogP contribution in [0.2, 0.25) is 0 Å². The number of hydrogen-bond donors (Lipinski definition) is 3. The number of aromatic amines is 1. The van der Waals surface area contributed by atoms with Crippen LogP contribution < -0.4 is 24.4 Å². The molecule has 1 amide bonds. The van der Waals surface area contributed by atoms with Gasteiger partial charge in [-0.15, -0.1) is 0 Å². The lowest BCUT2D eigenvalue weighted by atomic mass is 9.60. The number of nitrogens with one attached hydrogen (secondary N) is 3. The number of carbonyl (C=O) groups excluding carboxylic acids is 1. The normalized spacial score (nSPS) is 19.8. The van der Waals surface area contributed by atoms with Crippen molar-refractivity contribution < 1.29 is 32.3 Å². The molecule has 3 aliphatic heterocycles. The molecule has 2 atom stereocenters. The van der Waals surface area contributed by atoms with Crippen molar-refractivity contribution in [2.24, 2.45) is 5.41 Å². The summed E-state index contributed by atoms with van der Waals surface area (Å²) in [7, 11) is -4.64. The molecule has 1 spiro atoms. The van der Waals surface area contributed by atoms with Gasteiger partial charge in [0.1, 0.15) is 23.8 Å². The van der Waals surface area contributed by atoms with E-state index in [1.165, 1.54) is 29.8 Å². The molecule has 2 saturated heterocycles. The highest BCUT2D eigenvalue weighted by Gasteiger charge is 2.55. The average Bonchev–Trinajstić information content (AvgIpc) is 3.88. The van der Waals surface area contributed by atoms with Crippen LogP contribution in [0.1, 0.15) is 74.0 Å². The number of likely N-dealkylation sites (tertiary alicyclic amines) is 1. The highest BCUT2D eigenvalue weighted by molar-refractivity contribution is 7.90. The zero-order chi connectivity index (χ0) is 42.6. The fourth-order valence-corrected chi connectivity index (χ4v) is 10.4. The molecule has 4 aliphatic rings. The number of nitro groups is 1. The largest absolute Gasteiger partial charge is 0.489 e. The lowest BCUT2D eigenvalue weighted by Gasteiger charge is -2.62. The Labute approximate surface area is 354 Å². The maximum Gasteiger partial charge on any atom is 0.297 e. The second-order valence-electron chi connectivity index (χ2n) is 17.1. The van der Waals surface area contributed by atoms with Crippen molar-refractivity contribution in [1.29, 1.82) is 0 Å². The van der Waals surface area contributed by atoms with Gasteiger partial charge in [-0.25, -0.2) is 18.1 Å². The molecule has 2 aromatic heterocycles. The summed E-state index contributed by atoms with van der Waals surface area (Å²) in [6, 6.07) is 19.9. The molecule has 3 fully saturated rings. The molecule has 1 saturated carbocycles. The first-order valence-electron chi connectivity index (χ1n) is 20.7. The maximum absolute atomic E-state index is 14.0. The Morgan fingerprint density at radius 3 is 2.69 bits per heavy atom. The van der Waals surface area contributed by atoms with Gasteiger partial charge >= 0.3 is 0 Å². The van der Waals surface area contributed by atoms with Crippen LogP contribution in [0.4, 0.5) is 17.1 Å². The molecule has 9 rings (SSSR count). The monoisotopic (exact) mass is 847 g/mol. The Kier molecular flexibility index (Phi) is 10.5. The third-order valence-corrected chi connectivity index (χ3v) is 13.6. The smallest absolute Gasteiger partial charge is 0.297 e. The van der Waals surface area contributed by atoms with Gasteiger partial charge in [0, 0.05) is 66.1 Å². The number of anilines is 2. The van der Waals surface area contributed by atoms with Crippen LogP contribution in [0.5, 0.6) is 17.2 Å². The number of allylic oxidation sites excluding steroid dienone is 1. The summed E-state index contributed by atoms with van der Waals surface area (Å²) in [5.74, 6) is -0.521. The van der Waals surface area contributed by atoms with Gasteiger partial charge in [-0.2, -0.15) is 0 Å². The molecule has 3 aromatic carbocycles. The number of fused-ring (bicyclic) bond motifs is 2. The summed E-state index contributed by atoms with van der Waals surface area (Å²) in [6.07, 6.45) is 7.75. The van der Waals surface area contributed by atoms with Crippen molar-refractivity contribution >= 4 is 49.6 Å². The Hall–Kier alpha value is -5.97. The van der Waals surface area contributed by atoms with E-state index in [1.54, 1.807) is 30.5 Å². The van der Waals surface area contributed by atoms with E-state index in [9.17, 15) is 23.3 Å². The molecule has 5 aromatic rings. The topological polar surface area (TPSA) is 181 Å². The van der Waals surface area contributed by atoms with Gasteiger partial charge in [-0.3, -0.25) is 19.8 Å². The van der Waals surface area contributed by atoms with E-state index in [-0.39, 0.29) is 47.5 Å². The van der Waals surface area contributed by atoms with Crippen molar-refractivity contribution in [2.45, 2.75) is 75.6 Å². The van der Waals surface area contributed by atoms with Crippen LogP contribution in [-0.2, 0) is 14.8 Å². The van der Waals surface area contributed by atoms with E-state index in [2.05, 4.69) is 67.6 Å². The predicted octanol–water partition coefficient (Wildman–Crippen LogP) is 7.82. The van der Waals surface area contributed by atoms with Gasteiger partial charge in [-0.1, -0.05) is 36.4 Å². The van der Waals surface area contributed by atoms with E-state index >= 15 is 0 Å². The summed E-state index contributed by atoms with van der Waals surface area (Å²) < 4.78 is 47.4. The highest BCUT2D eigenvalue weighted by atomic mass is 32.2. The van der Waals surface area contributed by atoms with Gasteiger partial charge in [0.2, 0.25) is 0 Å². The van der Waals surface area contributed by atoms with E-state index in [0.29, 0.717) is 23.5 Å². The molecule has 2 unspecified atom stereocenters. The minimum absolute atomic E-state index is 0.0256. The van der Waals surface area contributed by atoms with Crippen molar-refractivity contribution in [2.75, 3.05) is 43.1 Å². The maximum atomic E-state index is 14.0.